The quantitative estimate of drug-likeness (QED) is 0.762. The van der Waals surface area contributed by atoms with E-state index in [1.807, 2.05) is 12.1 Å². The van der Waals surface area contributed by atoms with Gasteiger partial charge in [-0.05, 0) is 47.6 Å². The number of aliphatic hydroxyl groups is 1. The Kier molecular flexibility index (Phi) is 3.12. The second-order valence-electron chi connectivity index (χ2n) is 5.04. The zero-order valence-electron chi connectivity index (χ0n) is 11.2. The van der Waals surface area contributed by atoms with Crippen LogP contribution in [0.1, 0.15) is 30.9 Å². The van der Waals surface area contributed by atoms with E-state index in [0.717, 1.165) is 24.8 Å². The van der Waals surface area contributed by atoms with Crippen LogP contribution >= 0.6 is 0 Å². The summed E-state index contributed by atoms with van der Waals surface area (Å²) in [5.74, 6) is 0.495. The van der Waals surface area contributed by atoms with Gasteiger partial charge in [0.1, 0.15) is 5.76 Å². The monoisotopic (exact) mass is 250 g/mol. The van der Waals surface area contributed by atoms with Crippen LogP contribution in [0.2, 0.25) is 0 Å². The molecule has 0 atom stereocenters. The Morgan fingerprint density at radius 1 is 1.05 bits per heavy atom. The molecule has 0 amide bonds. The molecule has 1 aliphatic rings. The first-order valence-corrected chi connectivity index (χ1v) is 6.89. The molecule has 0 heterocycles. The van der Waals surface area contributed by atoms with Crippen LogP contribution in [0.25, 0.3) is 16.9 Å². The van der Waals surface area contributed by atoms with Gasteiger partial charge in [0, 0.05) is 5.56 Å². The highest BCUT2D eigenvalue weighted by atomic mass is 16.3. The average Bonchev–Trinajstić information content (AvgIpc) is 3.31. The van der Waals surface area contributed by atoms with Gasteiger partial charge in [-0.3, -0.25) is 0 Å². The summed E-state index contributed by atoms with van der Waals surface area (Å²) in [5, 5.41) is 10.1. The van der Waals surface area contributed by atoms with Crippen molar-refractivity contribution in [2.45, 2.75) is 26.2 Å². The highest BCUT2D eigenvalue weighted by molar-refractivity contribution is 5.73. The Morgan fingerprint density at radius 3 is 2.42 bits per heavy atom. The Bertz CT molecular complexity index is 617. The van der Waals surface area contributed by atoms with Crippen molar-refractivity contribution in [3.8, 4) is 11.1 Å². The van der Waals surface area contributed by atoms with Crippen molar-refractivity contribution in [1.82, 2.24) is 0 Å². The minimum atomic E-state index is 0.495. The molecule has 2 aromatic carbocycles. The normalized spacial score (nSPS) is 13.4. The van der Waals surface area contributed by atoms with Crippen LogP contribution in [0.3, 0.4) is 0 Å². The second-order valence-corrected chi connectivity index (χ2v) is 5.04. The Hall–Kier alpha value is -2.02. The van der Waals surface area contributed by atoms with Crippen molar-refractivity contribution in [3.63, 3.8) is 0 Å². The van der Waals surface area contributed by atoms with Crippen LogP contribution in [0.5, 0.6) is 0 Å². The Labute approximate surface area is 114 Å². The summed E-state index contributed by atoms with van der Waals surface area (Å²) >= 11 is 0. The third-order valence-electron chi connectivity index (χ3n) is 3.68. The van der Waals surface area contributed by atoms with Crippen LogP contribution in [0.15, 0.2) is 54.1 Å². The highest BCUT2D eigenvalue weighted by Gasteiger charge is 2.19. The molecule has 3 rings (SSSR count). The lowest BCUT2D eigenvalue weighted by Crippen LogP contribution is -1.91. The summed E-state index contributed by atoms with van der Waals surface area (Å²) < 4.78 is 0. The zero-order chi connectivity index (χ0) is 13.2. The van der Waals surface area contributed by atoms with Gasteiger partial charge in [-0.1, -0.05) is 49.4 Å². The molecule has 0 bridgehead atoms. The molecule has 0 spiro atoms. The lowest BCUT2D eigenvalue weighted by molar-refractivity contribution is 0.509. The molecule has 0 aromatic heterocycles. The van der Waals surface area contributed by atoms with Gasteiger partial charge in [0.15, 0.2) is 0 Å². The van der Waals surface area contributed by atoms with E-state index in [4.69, 9.17) is 0 Å². The van der Waals surface area contributed by atoms with Gasteiger partial charge in [0.25, 0.3) is 0 Å². The van der Waals surface area contributed by atoms with Gasteiger partial charge in [0.2, 0.25) is 0 Å². The van der Waals surface area contributed by atoms with E-state index < -0.39 is 0 Å². The molecule has 1 N–H and O–H groups in total. The predicted molar refractivity (Wildman–Crippen MR) is 80.0 cm³/mol. The van der Waals surface area contributed by atoms with Crippen molar-refractivity contribution in [2.75, 3.05) is 0 Å². The topological polar surface area (TPSA) is 20.2 Å². The lowest BCUT2D eigenvalue weighted by atomic mass is 9.95. The third-order valence-corrected chi connectivity index (χ3v) is 3.68. The molecule has 19 heavy (non-hydrogen) atoms. The maximum Gasteiger partial charge on any atom is 0.122 e. The van der Waals surface area contributed by atoms with Gasteiger partial charge in [-0.25, -0.2) is 0 Å². The number of aliphatic hydroxyl groups excluding tert-OH is 1. The SMILES string of the molecule is CCc1cc(C(O)=C2CC2)ccc1-c1ccccc1. The van der Waals surface area contributed by atoms with E-state index in [1.165, 1.54) is 22.3 Å². The molecule has 1 fully saturated rings. The first-order chi connectivity index (χ1) is 9.29. The van der Waals surface area contributed by atoms with Gasteiger partial charge in [-0.2, -0.15) is 0 Å². The number of rotatable bonds is 3. The van der Waals surface area contributed by atoms with Crippen molar-refractivity contribution < 1.29 is 5.11 Å². The molecule has 0 unspecified atom stereocenters. The smallest absolute Gasteiger partial charge is 0.122 e. The van der Waals surface area contributed by atoms with Gasteiger partial charge >= 0.3 is 0 Å². The van der Waals surface area contributed by atoms with E-state index >= 15 is 0 Å². The third kappa shape index (κ3) is 2.41. The van der Waals surface area contributed by atoms with Crippen molar-refractivity contribution >= 4 is 5.76 Å². The molecular formula is C18H18O. The van der Waals surface area contributed by atoms with E-state index in [-0.39, 0.29) is 0 Å². The molecular weight excluding hydrogens is 232 g/mol. The second kappa shape index (κ2) is 4.93. The number of benzene rings is 2. The Balaban J connectivity index is 2.05. The molecule has 0 saturated heterocycles. The summed E-state index contributed by atoms with van der Waals surface area (Å²) in [6.07, 6.45) is 3.07. The van der Waals surface area contributed by atoms with Crippen molar-refractivity contribution in [3.05, 3.63) is 65.2 Å². The van der Waals surface area contributed by atoms with Crippen LogP contribution < -0.4 is 0 Å². The highest BCUT2D eigenvalue weighted by Crippen LogP contribution is 2.36. The zero-order valence-corrected chi connectivity index (χ0v) is 11.2. The van der Waals surface area contributed by atoms with Crippen LogP contribution in [-0.4, -0.2) is 5.11 Å². The molecule has 96 valence electrons. The molecule has 2 aromatic rings. The summed E-state index contributed by atoms with van der Waals surface area (Å²) in [7, 11) is 0. The molecule has 1 aliphatic carbocycles. The number of allylic oxidation sites excluding steroid dienone is 1. The Morgan fingerprint density at radius 2 is 1.79 bits per heavy atom. The maximum absolute atomic E-state index is 10.1. The van der Waals surface area contributed by atoms with Gasteiger partial charge in [0.05, 0.1) is 0 Å². The first-order valence-electron chi connectivity index (χ1n) is 6.89. The fourth-order valence-corrected chi connectivity index (χ4v) is 2.44. The molecule has 0 aliphatic heterocycles. The maximum atomic E-state index is 10.1. The molecule has 1 saturated carbocycles. The van der Waals surface area contributed by atoms with Gasteiger partial charge in [-0.15, -0.1) is 0 Å². The number of aryl methyl sites for hydroxylation is 1. The molecule has 1 nitrogen and oxygen atoms in total. The fourth-order valence-electron chi connectivity index (χ4n) is 2.44. The van der Waals surface area contributed by atoms with Crippen molar-refractivity contribution in [2.24, 2.45) is 0 Å². The van der Waals surface area contributed by atoms with Crippen LogP contribution in [0, 0.1) is 0 Å². The van der Waals surface area contributed by atoms with E-state index in [1.54, 1.807) is 0 Å². The average molecular weight is 250 g/mol. The predicted octanol–water partition coefficient (Wildman–Crippen LogP) is 4.98. The van der Waals surface area contributed by atoms with E-state index in [2.05, 4.69) is 43.3 Å². The number of hydrogen-bond donors (Lipinski definition) is 1. The van der Waals surface area contributed by atoms with Crippen molar-refractivity contribution in [1.29, 1.82) is 0 Å². The minimum absolute atomic E-state index is 0.495. The number of hydrogen-bond acceptors (Lipinski definition) is 1. The van der Waals surface area contributed by atoms with E-state index in [9.17, 15) is 5.11 Å². The summed E-state index contributed by atoms with van der Waals surface area (Å²) in [6, 6.07) is 16.7. The molecule has 0 radical (unpaired) electrons. The summed E-state index contributed by atoms with van der Waals surface area (Å²) in [4.78, 5) is 0. The summed E-state index contributed by atoms with van der Waals surface area (Å²) in [5.41, 5.74) is 5.94. The standard InChI is InChI=1S/C18H18O/c1-2-13-12-16(18(19)15-8-9-15)10-11-17(13)14-6-4-3-5-7-14/h3-7,10-12,19H,2,8-9H2,1H3. The van der Waals surface area contributed by atoms with Gasteiger partial charge < -0.3 is 5.11 Å². The van der Waals surface area contributed by atoms with E-state index in [0.29, 0.717) is 5.76 Å². The van der Waals surface area contributed by atoms with Crippen LogP contribution in [0.4, 0.5) is 0 Å². The lowest BCUT2D eigenvalue weighted by Gasteiger charge is -2.10. The minimum Gasteiger partial charge on any atom is -0.507 e. The molecule has 1 heteroatoms. The first kappa shape index (κ1) is 12.0. The largest absolute Gasteiger partial charge is 0.507 e. The van der Waals surface area contributed by atoms with Crippen LogP contribution in [-0.2, 0) is 6.42 Å². The fraction of sp³-hybridized carbons (Fsp3) is 0.222. The summed E-state index contributed by atoms with van der Waals surface area (Å²) in [6.45, 7) is 2.16.